The van der Waals surface area contributed by atoms with Gasteiger partial charge in [0.15, 0.2) is 0 Å². The fourth-order valence-electron chi connectivity index (χ4n) is 2.28. The Morgan fingerprint density at radius 2 is 2.20 bits per heavy atom. The molecule has 0 aliphatic carbocycles. The number of anilines is 1. The van der Waals surface area contributed by atoms with Gasteiger partial charge < -0.3 is 14.6 Å². The van der Waals surface area contributed by atoms with Crippen LogP contribution in [0.3, 0.4) is 0 Å². The molecule has 2 aromatic rings. The van der Waals surface area contributed by atoms with E-state index in [9.17, 15) is 0 Å². The van der Waals surface area contributed by atoms with E-state index < -0.39 is 5.60 Å². The van der Waals surface area contributed by atoms with Crippen LogP contribution >= 0.6 is 0 Å². The van der Waals surface area contributed by atoms with Gasteiger partial charge in [-0.3, -0.25) is 0 Å². The Morgan fingerprint density at radius 1 is 1.35 bits per heavy atom. The minimum absolute atomic E-state index is 0.540. The predicted octanol–water partition coefficient (Wildman–Crippen LogP) is 2.98. The van der Waals surface area contributed by atoms with Gasteiger partial charge >= 0.3 is 0 Å². The lowest BCUT2D eigenvalue weighted by Gasteiger charge is -2.18. The molecule has 1 aliphatic heterocycles. The highest BCUT2D eigenvalue weighted by Crippen LogP contribution is 2.29. The number of aryl methyl sites for hydroxylation is 1. The average molecular weight is 273 g/mol. The highest BCUT2D eigenvalue weighted by Gasteiger charge is 2.26. The van der Waals surface area contributed by atoms with Crippen LogP contribution in [0.5, 0.6) is 0 Å². The van der Waals surface area contributed by atoms with Crippen molar-refractivity contribution < 1.29 is 9.26 Å². The number of rotatable bonds is 3. The molecule has 106 valence electrons. The highest BCUT2D eigenvalue weighted by atomic mass is 16.5. The van der Waals surface area contributed by atoms with Crippen LogP contribution in [-0.4, -0.2) is 23.8 Å². The van der Waals surface area contributed by atoms with Crippen molar-refractivity contribution in [1.82, 2.24) is 10.1 Å². The third-order valence-corrected chi connectivity index (χ3v) is 3.77. The highest BCUT2D eigenvalue weighted by molar-refractivity contribution is 5.63. The van der Waals surface area contributed by atoms with Crippen molar-refractivity contribution in [3.63, 3.8) is 0 Å². The van der Waals surface area contributed by atoms with Crippen LogP contribution in [0.1, 0.15) is 31.7 Å². The monoisotopic (exact) mass is 273 g/mol. The second kappa shape index (κ2) is 4.90. The van der Waals surface area contributed by atoms with Crippen molar-refractivity contribution in [3.05, 3.63) is 29.6 Å². The summed E-state index contributed by atoms with van der Waals surface area (Å²) in [4.78, 5) is 4.45. The van der Waals surface area contributed by atoms with Gasteiger partial charge in [-0.15, -0.1) is 0 Å². The summed E-state index contributed by atoms with van der Waals surface area (Å²) in [7, 11) is 1.64. The number of hydrogen-bond acceptors (Lipinski definition) is 5. The Bertz CT molecular complexity index is 619. The van der Waals surface area contributed by atoms with Gasteiger partial charge in [-0.1, -0.05) is 5.16 Å². The maximum Gasteiger partial charge on any atom is 0.258 e. The molecule has 0 radical (unpaired) electrons. The van der Waals surface area contributed by atoms with Crippen LogP contribution in [0.2, 0.25) is 0 Å². The summed E-state index contributed by atoms with van der Waals surface area (Å²) < 4.78 is 10.7. The molecule has 1 aromatic carbocycles. The van der Waals surface area contributed by atoms with E-state index in [4.69, 9.17) is 9.26 Å². The van der Waals surface area contributed by atoms with Crippen molar-refractivity contribution in [1.29, 1.82) is 0 Å². The van der Waals surface area contributed by atoms with E-state index in [0.29, 0.717) is 11.7 Å². The lowest BCUT2D eigenvalue weighted by atomic mass is 10.0. The van der Waals surface area contributed by atoms with E-state index in [1.54, 1.807) is 7.11 Å². The Labute approximate surface area is 118 Å². The zero-order valence-corrected chi connectivity index (χ0v) is 12.1. The smallest absolute Gasteiger partial charge is 0.258 e. The van der Waals surface area contributed by atoms with Crippen LogP contribution in [-0.2, 0) is 16.8 Å². The van der Waals surface area contributed by atoms with Crippen molar-refractivity contribution >= 4 is 5.69 Å². The maximum atomic E-state index is 5.37. The van der Waals surface area contributed by atoms with Gasteiger partial charge in [-0.05, 0) is 50.5 Å². The zero-order chi connectivity index (χ0) is 14.2. The largest absolute Gasteiger partial charge is 0.385 e. The van der Waals surface area contributed by atoms with Crippen molar-refractivity contribution in [2.45, 2.75) is 32.3 Å². The summed E-state index contributed by atoms with van der Waals surface area (Å²) in [5, 5.41) is 7.41. The summed E-state index contributed by atoms with van der Waals surface area (Å²) in [5.74, 6) is 1.10. The number of ether oxygens (including phenoxy) is 1. The van der Waals surface area contributed by atoms with Gasteiger partial charge in [-0.25, -0.2) is 0 Å². The Hall–Kier alpha value is -1.88. The molecule has 0 atom stereocenters. The quantitative estimate of drug-likeness (QED) is 0.931. The summed E-state index contributed by atoms with van der Waals surface area (Å²) >= 11 is 0. The summed E-state index contributed by atoms with van der Waals surface area (Å²) in [6, 6.07) is 6.21. The van der Waals surface area contributed by atoms with Crippen LogP contribution < -0.4 is 5.32 Å². The van der Waals surface area contributed by atoms with Gasteiger partial charge in [0.2, 0.25) is 5.82 Å². The molecule has 2 heterocycles. The zero-order valence-electron chi connectivity index (χ0n) is 12.1. The van der Waals surface area contributed by atoms with E-state index >= 15 is 0 Å². The standard InChI is InChI=1S/C15H19N3O2/c1-15(2,19-3)14-17-13(20-18-14)11-6-7-12-10(9-11)5-4-8-16-12/h6-7,9,16H,4-5,8H2,1-3H3. The molecular weight excluding hydrogens is 254 g/mol. The van der Waals surface area contributed by atoms with Crippen LogP contribution in [0.4, 0.5) is 5.69 Å². The molecule has 0 unspecified atom stereocenters. The first-order valence-electron chi connectivity index (χ1n) is 6.87. The minimum atomic E-state index is -0.544. The first kappa shape index (κ1) is 13.1. The number of nitrogens with zero attached hydrogens (tertiary/aromatic N) is 2. The second-order valence-corrected chi connectivity index (χ2v) is 5.54. The number of fused-ring (bicyclic) bond motifs is 1. The molecule has 1 N–H and O–H groups in total. The van der Waals surface area contributed by atoms with E-state index in [1.165, 1.54) is 11.3 Å². The van der Waals surface area contributed by atoms with Crippen molar-refractivity contribution in [3.8, 4) is 11.5 Å². The van der Waals surface area contributed by atoms with Gasteiger partial charge in [0.1, 0.15) is 5.60 Å². The minimum Gasteiger partial charge on any atom is -0.385 e. The molecule has 5 nitrogen and oxygen atoms in total. The third-order valence-electron chi connectivity index (χ3n) is 3.77. The molecule has 1 aliphatic rings. The lowest BCUT2D eigenvalue weighted by molar-refractivity contribution is 0.00973. The van der Waals surface area contributed by atoms with E-state index in [2.05, 4.69) is 27.6 Å². The van der Waals surface area contributed by atoms with E-state index in [-0.39, 0.29) is 0 Å². The fourth-order valence-corrected chi connectivity index (χ4v) is 2.28. The molecule has 0 bridgehead atoms. The molecule has 0 amide bonds. The fraction of sp³-hybridized carbons (Fsp3) is 0.467. The molecule has 5 heteroatoms. The summed E-state index contributed by atoms with van der Waals surface area (Å²) in [5.41, 5.74) is 2.92. The van der Waals surface area contributed by atoms with Crippen LogP contribution in [0.25, 0.3) is 11.5 Å². The van der Waals surface area contributed by atoms with Crippen LogP contribution in [0.15, 0.2) is 22.7 Å². The molecule has 0 saturated heterocycles. The lowest BCUT2D eigenvalue weighted by Crippen LogP contribution is -2.21. The Balaban J connectivity index is 1.94. The van der Waals surface area contributed by atoms with Gasteiger partial charge in [0, 0.05) is 24.9 Å². The van der Waals surface area contributed by atoms with Crippen LogP contribution in [0, 0.1) is 0 Å². The third kappa shape index (κ3) is 2.29. The number of aromatic nitrogens is 2. The first-order valence-corrected chi connectivity index (χ1v) is 6.87. The topological polar surface area (TPSA) is 60.2 Å². The number of nitrogens with one attached hydrogen (secondary N) is 1. The molecule has 0 saturated carbocycles. The number of methoxy groups -OCH3 is 1. The number of benzene rings is 1. The van der Waals surface area contributed by atoms with Gasteiger partial charge in [-0.2, -0.15) is 4.98 Å². The van der Waals surface area contributed by atoms with Gasteiger partial charge in [0.25, 0.3) is 5.89 Å². The molecule has 1 aromatic heterocycles. The van der Waals surface area contributed by atoms with Gasteiger partial charge in [0.05, 0.1) is 0 Å². The Morgan fingerprint density at radius 3 is 3.00 bits per heavy atom. The van der Waals surface area contributed by atoms with E-state index in [1.807, 2.05) is 19.9 Å². The molecule has 3 rings (SSSR count). The van der Waals surface area contributed by atoms with Crippen molar-refractivity contribution in [2.75, 3.05) is 19.0 Å². The molecular formula is C15H19N3O2. The normalized spacial score (nSPS) is 14.8. The summed E-state index contributed by atoms with van der Waals surface area (Å²) in [6.45, 7) is 4.87. The predicted molar refractivity (Wildman–Crippen MR) is 76.6 cm³/mol. The maximum absolute atomic E-state index is 5.37. The van der Waals surface area contributed by atoms with Crippen molar-refractivity contribution in [2.24, 2.45) is 0 Å². The summed E-state index contributed by atoms with van der Waals surface area (Å²) in [6.07, 6.45) is 2.24. The van der Waals surface area contributed by atoms with E-state index in [0.717, 1.165) is 24.9 Å². The second-order valence-electron chi connectivity index (χ2n) is 5.54. The first-order chi connectivity index (χ1) is 9.60. The number of hydrogen-bond donors (Lipinski definition) is 1. The SMILES string of the molecule is COC(C)(C)c1noc(-c2ccc3c(c2)CCCN3)n1. The molecule has 20 heavy (non-hydrogen) atoms. The average Bonchev–Trinajstić information content (AvgIpc) is 2.97. The molecule has 0 fully saturated rings. The molecule has 0 spiro atoms. The Kier molecular flexibility index (Phi) is 3.22.